The first kappa shape index (κ1) is 11.6. The molecule has 0 amide bonds. The van der Waals surface area contributed by atoms with Crippen LogP contribution in [0.2, 0.25) is 0 Å². The third kappa shape index (κ3) is 2.29. The molecular weight excluding hydrogens is 192 g/mol. The molecule has 0 spiro atoms. The molecule has 0 heterocycles. The lowest BCUT2D eigenvalue weighted by molar-refractivity contribution is -0.138. The number of aromatic hydroxyl groups is 1. The summed E-state index contributed by atoms with van der Waals surface area (Å²) in [6, 6.07) is 3.48. The minimum absolute atomic E-state index is 0.249. The maximum absolute atomic E-state index is 11.0. The molecular formula is C12H16O3. The molecule has 1 aromatic carbocycles. The summed E-state index contributed by atoms with van der Waals surface area (Å²) in [5, 5.41) is 18.6. The van der Waals surface area contributed by atoms with Gasteiger partial charge in [-0.1, -0.05) is 19.1 Å². The number of rotatable bonds is 3. The quantitative estimate of drug-likeness (QED) is 0.802. The Morgan fingerprint density at radius 1 is 1.33 bits per heavy atom. The number of phenols is 1. The van der Waals surface area contributed by atoms with Crippen molar-refractivity contribution in [2.45, 2.75) is 33.1 Å². The van der Waals surface area contributed by atoms with E-state index in [2.05, 4.69) is 0 Å². The topological polar surface area (TPSA) is 57.5 Å². The molecule has 3 heteroatoms. The molecule has 0 aliphatic heterocycles. The van der Waals surface area contributed by atoms with Crippen molar-refractivity contribution in [3.05, 3.63) is 28.8 Å². The van der Waals surface area contributed by atoms with E-state index < -0.39 is 11.9 Å². The number of aliphatic carboxylic acids is 1. The highest BCUT2D eigenvalue weighted by Gasteiger charge is 2.18. The molecule has 1 aromatic rings. The van der Waals surface area contributed by atoms with Gasteiger partial charge < -0.3 is 10.2 Å². The van der Waals surface area contributed by atoms with E-state index in [9.17, 15) is 9.90 Å². The predicted molar refractivity (Wildman–Crippen MR) is 58.2 cm³/mol. The molecule has 15 heavy (non-hydrogen) atoms. The second-order valence-corrected chi connectivity index (χ2v) is 3.80. The Balaban J connectivity index is 3.20. The molecule has 0 saturated heterocycles. The maximum atomic E-state index is 11.0. The zero-order valence-electron chi connectivity index (χ0n) is 9.24. The van der Waals surface area contributed by atoms with Crippen LogP contribution in [0.1, 0.15) is 36.0 Å². The van der Waals surface area contributed by atoms with Gasteiger partial charge >= 0.3 is 5.97 Å². The largest absolute Gasteiger partial charge is 0.507 e. The molecule has 3 nitrogen and oxygen atoms in total. The van der Waals surface area contributed by atoms with Crippen molar-refractivity contribution in [2.75, 3.05) is 0 Å². The zero-order chi connectivity index (χ0) is 11.6. The number of phenolic OH excluding ortho intramolecular Hbond substituents is 1. The van der Waals surface area contributed by atoms with Crippen molar-refractivity contribution in [1.82, 2.24) is 0 Å². The molecule has 0 aliphatic rings. The Morgan fingerprint density at radius 2 is 1.80 bits per heavy atom. The lowest BCUT2D eigenvalue weighted by atomic mass is 9.93. The lowest BCUT2D eigenvalue weighted by Crippen LogP contribution is -2.10. The van der Waals surface area contributed by atoms with Gasteiger partial charge in [0.1, 0.15) is 5.75 Å². The zero-order valence-corrected chi connectivity index (χ0v) is 9.24. The molecule has 1 unspecified atom stereocenters. The van der Waals surface area contributed by atoms with Gasteiger partial charge in [0.25, 0.3) is 0 Å². The summed E-state index contributed by atoms with van der Waals surface area (Å²) in [4.78, 5) is 11.0. The first-order chi connectivity index (χ1) is 6.97. The fraction of sp³-hybridized carbons (Fsp3) is 0.417. The second-order valence-electron chi connectivity index (χ2n) is 3.80. The van der Waals surface area contributed by atoms with Crippen molar-refractivity contribution in [1.29, 1.82) is 0 Å². The molecule has 82 valence electrons. The normalized spacial score (nSPS) is 12.5. The van der Waals surface area contributed by atoms with Gasteiger partial charge in [-0.2, -0.15) is 0 Å². The highest BCUT2D eigenvalue weighted by atomic mass is 16.4. The Kier molecular flexibility index (Phi) is 3.35. The maximum Gasteiger partial charge on any atom is 0.310 e. The molecule has 0 bridgehead atoms. The van der Waals surface area contributed by atoms with Crippen LogP contribution in [0.25, 0.3) is 0 Å². The van der Waals surface area contributed by atoms with Gasteiger partial charge in [0, 0.05) is 0 Å². The average Bonchev–Trinajstić information content (AvgIpc) is 2.14. The van der Waals surface area contributed by atoms with Crippen molar-refractivity contribution in [2.24, 2.45) is 0 Å². The second kappa shape index (κ2) is 4.34. The molecule has 0 radical (unpaired) electrons. The fourth-order valence-corrected chi connectivity index (χ4v) is 1.74. The van der Waals surface area contributed by atoms with Gasteiger partial charge in [-0.3, -0.25) is 4.79 Å². The Morgan fingerprint density at radius 3 is 2.13 bits per heavy atom. The van der Waals surface area contributed by atoms with Crippen molar-refractivity contribution in [3.8, 4) is 5.75 Å². The number of aryl methyl sites for hydroxylation is 2. The van der Waals surface area contributed by atoms with Gasteiger partial charge in [-0.05, 0) is 37.0 Å². The Hall–Kier alpha value is -1.51. The molecule has 0 fully saturated rings. The minimum Gasteiger partial charge on any atom is -0.507 e. The van der Waals surface area contributed by atoms with E-state index in [1.807, 2.05) is 6.92 Å². The standard InChI is InChI=1S/C12H16O3/c1-4-10(12(14)15)9-5-7(2)11(13)8(3)6-9/h5-6,10,13H,4H2,1-3H3,(H,14,15). The van der Waals surface area contributed by atoms with E-state index in [1.54, 1.807) is 26.0 Å². The van der Waals surface area contributed by atoms with Crippen LogP contribution in [0, 0.1) is 13.8 Å². The number of hydrogen-bond acceptors (Lipinski definition) is 2. The van der Waals surface area contributed by atoms with Crippen LogP contribution in [-0.4, -0.2) is 16.2 Å². The number of carbonyl (C=O) groups is 1. The predicted octanol–water partition coefficient (Wildman–Crippen LogP) is 2.59. The third-order valence-corrected chi connectivity index (χ3v) is 2.62. The minimum atomic E-state index is -0.818. The highest BCUT2D eigenvalue weighted by Crippen LogP contribution is 2.28. The third-order valence-electron chi connectivity index (χ3n) is 2.62. The van der Waals surface area contributed by atoms with Crippen LogP contribution in [-0.2, 0) is 4.79 Å². The molecule has 0 saturated carbocycles. The summed E-state index contributed by atoms with van der Waals surface area (Å²) in [6.45, 7) is 5.40. The summed E-state index contributed by atoms with van der Waals surface area (Å²) in [7, 11) is 0. The Bertz CT molecular complexity index is 359. The van der Waals surface area contributed by atoms with Crippen molar-refractivity contribution >= 4 is 5.97 Å². The smallest absolute Gasteiger partial charge is 0.310 e. The number of carboxylic acid groups (broad SMARTS) is 1. The molecule has 0 aromatic heterocycles. The van der Waals surface area contributed by atoms with Crippen LogP contribution in [0.15, 0.2) is 12.1 Å². The monoisotopic (exact) mass is 208 g/mol. The van der Waals surface area contributed by atoms with E-state index in [0.29, 0.717) is 6.42 Å². The number of hydrogen-bond donors (Lipinski definition) is 2. The Labute approximate surface area is 89.4 Å². The van der Waals surface area contributed by atoms with Crippen LogP contribution < -0.4 is 0 Å². The molecule has 2 N–H and O–H groups in total. The summed E-state index contributed by atoms with van der Waals surface area (Å²) in [5.41, 5.74) is 2.22. The first-order valence-electron chi connectivity index (χ1n) is 5.00. The van der Waals surface area contributed by atoms with Gasteiger partial charge in [0.2, 0.25) is 0 Å². The fourth-order valence-electron chi connectivity index (χ4n) is 1.74. The SMILES string of the molecule is CCC(C(=O)O)c1cc(C)c(O)c(C)c1. The van der Waals surface area contributed by atoms with Crippen LogP contribution in [0.5, 0.6) is 5.75 Å². The van der Waals surface area contributed by atoms with E-state index in [0.717, 1.165) is 16.7 Å². The first-order valence-corrected chi connectivity index (χ1v) is 5.00. The average molecular weight is 208 g/mol. The van der Waals surface area contributed by atoms with Crippen molar-refractivity contribution in [3.63, 3.8) is 0 Å². The van der Waals surface area contributed by atoms with Gasteiger partial charge in [0.05, 0.1) is 5.92 Å². The summed E-state index contributed by atoms with van der Waals surface area (Å²) in [5.74, 6) is -1.05. The molecule has 1 rings (SSSR count). The summed E-state index contributed by atoms with van der Waals surface area (Å²) < 4.78 is 0. The molecule has 1 atom stereocenters. The molecule has 0 aliphatic carbocycles. The highest BCUT2D eigenvalue weighted by molar-refractivity contribution is 5.76. The van der Waals surface area contributed by atoms with Crippen LogP contribution in [0.4, 0.5) is 0 Å². The van der Waals surface area contributed by atoms with Crippen LogP contribution >= 0.6 is 0 Å². The van der Waals surface area contributed by atoms with Crippen LogP contribution in [0.3, 0.4) is 0 Å². The van der Waals surface area contributed by atoms with Gasteiger partial charge in [-0.15, -0.1) is 0 Å². The summed E-state index contributed by atoms with van der Waals surface area (Å²) >= 11 is 0. The van der Waals surface area contributed by atoms with E-state index in [1.165, 1.54) is 0 Å². The number of benzene rings is 1. The lowest BCUT2D eigenvalue weighted by Gasteiger charge is -2.13. The van der Waals surface area contributed by atoms with Gasteiger partial charge in [-0.25, -0.2) is 0 Å². The summed E-state index contributed by atoms with van der Waals surface area (Å²) in [6.07, 6.45) is 0.555. The van der Waals surface area contributed by atoms with E-state index >= 15 is 0 Å². The van der Waals surface area contributed by atoms with Gasteiger partial charge in [0.15, 0.2) is 0 Å². The van der Waals surface area contributed by atoms with Crippen molar-refractivity contribution < 1.29 is 15.0 Å². The van der Waals surface area contributed by atoms with E-state index in [-0.39, 0.29) is 5.75 Å². The van der Waals surface area contributed by atoms with E-state index in [4.69, 9.17) is 5.11 Å². The number of carboxylic acids is 1.